The van der Waals surface area contributed by atoms with E-state index in [0.29, 0.717) is 12.8 Å². The minimum atomic E-state index is -3.84. The summed E-state index contributed by atoms with van der Waals surface area (Å²) >= 11 is 0. The number of hydrogen-bond donors (Lipinski definition) is 2. The topological polar surface area (TPSA) is 109 Å². The summed E-state index contributed by atoms with van der Waals surface area (Å²) in [4.78, 5) is 33.2. The van der Waals surface area contributed by atoms with Crippen LogP contribution in [0.15, 0.2) is 0 Å². The van der Waals surface area contributed by atoms with Gasteiger partial charge < -0.3 is 0 Å². The predicted octanol–water partition coefficient (Wildman–Crippen LogP) is -1.71. The average Bonchev–Trinajstić information content (AvgIpc) is 2.12. The monoisotopic (exact) mass is 272 g/mol. The molecule has 0 atom stereocenters. The van der Waals surface area contributed by atoms with Crippen molar-refractivity contribution in [1.29, 1.82) is 0 Å². The van der Waals surface area contributed by atoms with Crippen molar-refractivity contribution in [2.75, 3.05) is 5.75 Å². The number of nitrogens with one attached hydrogen (secondary N) is 2. The van der Waals surface area contributed by atoms with Crippen molar-refractivity contribution in [2.24, 2.45) is 0 Å². The van der Waals surface area contributed by atoms with Crippen molar-refractivity contribution in [1.82, 2.24) is 10.6 Å². The van der Waals surface area contributed by atoms with Gasteiger partial charge in [0, 0.05) is 0 Å². The van der Waals surface area contributed by atoms with Gasteiger partial charge in [0.2, 0.25) is 5.25 Å². The van der Waals surface area contributed by atoms with E-state index < -0.39 is 32.9 Å². The summed E-state index contributed by atoms with van der Waals surface area (Å²) in [6.07, 6.45) is 1.00. The zero-order valence-electron chi connectivity index (χ0n) is 8.65. The van der Waals surface area contributed by atoms with Gasteiger partial charge in [0.15, 0.2) is 9.84 Å². The van der Waals surface area contributed by atoms with Crippen LogP contribution in [0.5, 0.6) is 0 Å². The molecule has 0 bridgehead atoms. The Balaban J connectivity index is 0.00000256. The third-order valence-electron chi connectivity index (χ3n) is 2.09. The van der Waals surface area contributed by atoms with Crippen molar-refractivity contribution >= 4 is 57.2 Å². The van der Waals surface area contributed by atoms with E-state index in [4.69, 9.17) is 0 Å². The van der Waals surface area contributed by atoms with Gasteiger partial charge >= 0.3 is 35.6 Å². The second-order valence-corrected chi connectivity index (χ2v) is 5.61. The number of urea groups is 1. The van der Waals surface area contributed by atoms with Gasteiger partial charge in [-0.2, -0.15) is 0 Å². The Labute approximate surface area is 121 Å². The average molecular weight is 272 g/mol. The minimum absolute atomic E-state index is 0. The molecule has 17 heavy (non-hydrogen) atoms. The Kier molecular flexibility index (Phi) is 6.31. The molecule has 1 rings (SSSR count). The van der Waals surface area contributed by atoms with Gasteiger partial charge in [-0.15, -0.1) is 0 Å². The first-order chi connectivity index (χ1) is 7.38. The molecule has 92 valence electrons. The van der Waals surface area contributed by atoms with E-state index in [1.165, 1.54) is 0 Å². The third-order valence-corrected chi connectivity index (χ3v) is 4.10. The van der Waals surface area contributed by atoms with E-state index in [2.05, 4.69) is 0 Å². The molecular formula is C8H13N2NaO5S. The molecule has 0 radical (unpaired) electrons. The maximum atomic E-state index is 11.6. The van der Waals surface area contributed by atoms with Crippen LogP contribution in [0.2, 0.25) is 0 Å². The Morgan fingerprint density at radius 3 is 2.00 bits per heavy atom. The second kappa shape index (κ2) is 6.48. The van der Waals surface area contributed by atoms with Gasteiger partial charge in [-0.25, -0.2) is 13.2 Å². The molecule has 0 aromatic heterocycles. The molecule has 0 aliphatic carbocycles. The van der Waals surface area contributed by atoms with Gasteiger partial charge in [0.25, 0.3) is 11.8 Å². The van der Waals surface area contributed by atoms with Crippen molar-refractivity contribution in [2.45, 2.75) is 25.0 Å². The summed E-state index contributed by atoms with van der Waals surface area (Å²) in [5.41, 5.74) is 0. The van der Waals surface area contributed by atoms with E-state index in [-0.39, 0.29) is 35.3 Å². The summed E-state index contributed by atoms with van der Waals surface area (Å²) in [5, 5.41) is 1.70. The van der Waals surface area contributed by atoms with Crippen LogP contribution in [0, 0.1) is 0 Å². The van der Waals surface area contributed by atoms with Crippen LogP contribution >= 0.6 is 0 Å². The predicted molar refractivity (Wildman–Crippen MR) is 61.3 cm³/mol. The Bertz CT molecular complexity index is 413. The van der Waals surface area contributed by atoms with E-state index in [1.54, 1.807) is 17.6 Å². The molecule has 9 heteroatoms. The number of amides is 4. The molecule has 4 amide bonds. The van der Waals surface area contributed by atoms with Crippen molar-refractivity contribution in [3.63, 3.8) is 0 Å². The van der Waals surface area contributed by atoms with E-state index in [1.807, 2.05) is 0 Å². The molecule has 0 aromatic carbocycles. The van der Waals surface area contributed by atoms with Gasteiger partial charge in [-0.3, -0.25) is 20.2 Å². The molecule has 0 spiro atoms. The molecular weight excluding hydrogens is 259 g/mol. The quantitative estimate of drug-likeness (QED) is 0.467. The number of rotatable bonds is 4. The zero-order chi connectivity index (χ0) is 12.3. The second-order valence-electron chi connectivity index (χ2n) is 3.41. The standard InChI is InChI=1S/C8H12N2O5S.Na.H/c1-2-3-4-16(14,15)5-6(11)9-8(13)10-7(5)12;;/h5H,2-4H2,1H3,(H2,9,10,11,12,13);;. The molecule has 1 saturated heterocycles. The van der Waals surface area contributed by atoms with E-state index in [9.17, 15) is 22.8 Å². The molecule has 1 aliphatic heterocycles. The van der Waals surface area contributed by atoms with Crippen LogP contribution in [0.3, 0.4) is 0 Å². The van der Waals surface area contributed by atoms with Crippen LogP contribution in [0.4, 0.5) is 4.79 Å². The van der Waals surface area contributed by atoms with Crippen LogP contribution in [0.1, 0.15) is 19.8 Å². The van der Waals surface area contributed by atoms with E-state index >= 15 is 0 Å². The molecule has 1 heterocycles. The molecule has 2 N–H and O–H groups in total. The number of carbonyl (C=O) groups excluding carboxylic acids is 3. The molecule has 1 fully saturated rings. The molecule has 0 unspecified atom stereocenters. The van der Waals surface area contributed by atoms with Gasteiger partial charge in [-0.05, 0) is 6.42 Å². The van der Waals surface area contributed by atoms with Crippen LogP contribution in [-0.2, 0) is 19.4 Å². The van der Waals surface area contributed by atoms with E-state index in [0.717, 1.165) is 0 Å². The van der Waals surface area contributed by atoms with Crippen molar-refractivity contribution in [3.8, 4) is 0 Å². The Morgan fingerprint density at radius 1 is 1.12 bits per heavy atom. The van der Waals surface area contributed by atoms with Crippen LogP contribution < -0.4 is 10.6 Å². The molecule has 0 saturated carbocycles. The maximum absolute atomic E-state index is 11.6. The summed E-state index contributed by atoms with van der Waals surface area (Å²) in [7, 11) is -3.84. The zero-order valence-corrected chi connectivity index (χ0v) is 9.46. The first kappa shape index (κ1) is 16.6. The fourth-order valence-electron chi connectivity index (χ4n) is 1.29. The summed E-state index contributed by atoms with van der Waals surface area (Å²) < 4.78 is 23.3. The van der Waals surface area contributed by atoms with Crippen molar-refractivity contribution < 1.29 is 22.8 Å². The van der Waals surface area contributed by atoms with Crippen LogP contribution in [0.25, 0.3) is 0 Å². The van der Waals surface area contributed by atoms with Crippen molar-refractivity contribution in [3.05, 3.63) is 0 Å². The molecule has 0 aromatic rings. The number of sulfone groups is 1. The number of hydrogen-bond acceptors (Lipinski definition) is 5. The Hall–Kier alpha value is -0.440. The van der Waals surface area contributed by atoms with Gasteiger partial charge in [-0.1, -0.05) is 13.3 Å². The van der Waals surface area contributed by atoms with Gasteiger partial charge in [0.05, 0.1) is 5.75 Å². The number of carbonyl (C=O) groups is 3. The summed E-state index contributed by atoms with van der Waals surface area (Å²) in [6, 6.07) is -0.989. The number of unbranched alkanes of at least 4 members (excludes halogenated alkanes) is 1. The number of barbiturate groups is 1. The Morgan fingerprint density at radius 2 is 1.59 bits per heavy atom. The summed E-state index contributed by atoms with van der Waals surface area (Å²) in [5.74, 6) is -2.40. The van der Waals surface area contributed by atoms with Crippen LogP contribution in [-0.4, -0.2) is 66.8 Å². The normalized spacial score (nSPS) is 17.1. The van der Waals surface area contributed by atoms with Gasteiger partial charge in [0.1, 0.15) is 0 Å². The molecule has 1 aliphatic rings. The fourth-order valence-corrected chi connectivity index (χ4v) is 2.99. The number of imide groups is 2. The fraction of sp³-hybridized carbons (Fsp3) is 0.625. The SMILES string of the molecule is CCCCS(=O)(=O)C1C(=O)NC(=O)NC1=O.[NaH]. The first-order valence-corrected chi connectivity index (χ1v) is 6.47. The third kappa shape index (κ3) is 4.06. The molecule has 7 nitrogen and oxygen atoms in total. The first-order valence-electron chi connectivity index (χ1n) is 4.75. The summed E-state index contributed by atoms with van der Waals surface area (Å²) in [6.45, 7) is 1.79.